The summed E-state index contributed by atoms with van der Waals surface area (Å²) in [5.41, 5.74) is 1.30. The molecule has 1 N–H and O–H groups in total. The van der Waals surface area contributed by atoms with E-state index in [1.807, 2.05) is 12.1 Å². The number of carbonyl (C=O) groups is 2. The van der Waals surface area contributed by atoms with Crippen LogP contribution < -0.4 is 14.8 Å². The molecule has 0 saturated heterocycles. The quantitative estimate of drug-likeness (QED) is 0.580. The van der Waals surface area contributed by atoms with Crippen LogP contribution in [0.4, 0.5) is 4.39 Å². The van der Waals surface area contributed by atoms with Crippen molar-refractivity contribution in [2.45, 2.75) is 64.1 Å². The van der Waals surface area contributed by atoms with Gasteiger partial charge in [-0.15, -0.1) is 0 Å². The van der Waals surface area contributed by atoms with E-state index in [9.17, 15) is 14.0 Å². The van der Waals surface area contributed by atoms with E-state index in [4.69, 9.17) is 9.47 Å². The number of aryl methyl sites for hydroxylation is 1. The van der Waals surface area contributed by atoms with E-state index < -0.39 is 11.9 Å². The zero-order valence-electron chi connectivity index (χ0n) is 19.6. The number of amides is 2. The largest absolute Gasteiger partial charge is 0.493 e. The summed E-state index contributed by atoms with van der Waals surface area (Å²) < 4.78 is 25.0. The summed E-state index contributed by atoms with van der Waals surface area (Å²) in [6.45, 7) is 1.75. The van der Waals surface area contributed by atoms with Gasteiger partial charge in [0.1, 0.15) is 11.9 Å². The van der Waals surface area contributed by atoms with Crippen LogP contribution in [0.1, 0.15) is 50.2 Å². The fourth-order valence-electron chi connectivity index (χ4n) is 4.22. The number of carbonyl (C=O) groups excluding carboxylic acids is 2. The van der Waals surface area contributed by atoms with Crippen molar-refractivity contribution >= 4 is 11.8 Å². The number of halogens is 1. The smallest absolute Gasteiger partial charge is 0.242 e. The standard InChI is InChI=1S/C26H33FN2O4/c1-18(26(31)28-21-9-5-6-10-21)29(17-20-8-4-7-11-22(20)27)25(30)15-13-19-12-14-23(32-2)24(16-19)33-3/h4,7-8,11-12,14,16,18,21H,5-6,9-10,13,15,17H2,1-3H3,(H,28,31)/t18-/m0/s1. The molecule has 1 atom stereocenters. The van der Waals surface area contributed by atoms with E-state index in [1.54, 1.807) is 45.4 Å². The zero-order valence-corrected chi connectivity index (χ0v) is 19.6. The van der Waals surface area contributed by atoms with Gasteiger partial charge in [0.05, 0.1) is 14.2 Å². The Kier molecular flexibility index (Phi) is 8.69. The molecule has 0 aliphatic heterocycles. The minimum atomic E-state index is -0.705. The predicted molar refractivity (Wildman–Crippen MR) is 125 cm³/mol. The number of hydrogen-bond acceptors (Lipinski definition) is 4. The molecule has 1 fully saturated rings. The lowest BCUT2D eigenvalue weighted by Crippen LogP contribution is -2.49. The summed E-state index contributed by atoms with van der Waals surface area (Å²) >= 11 is 0. The van der Waals surface area contributed by atoms with E-state index in [1.165, 1.54) is 11.0 Å². The SMILES string of the molecule is COc1ccc(CCC(=O)N(Cc2ccccc2F)[C@@H](C)C(=O)NC2CCCC2)cc1OC. The topological polar surface area (TPSA) is 67.9 Å². The minimum absolute atomic E-state index is 0.0384. The van der Waals surface area contributed by atoms with Crippen molar-refractivity contribution in [1.82, 2.24) is 10.2 Å². The summed E-state index contributed by atoms with van der Waals surface area (Å²) in [6, 6.07) is 11.3. The van der Waals surface area contributed by atoms with E-state index >= 15 is 0 Å². The summed E-state index contributed by atoms with van der Waals surface area (Å²) in [5, 5.41) is 3.06. The first kappa shape index (κ1) is 24.6. The van der Waals surface area contributed by atoms with Crippen molar-refractivity contribution in [2.75, 3.05) is 14.2 Å². The Bertz CT molecular complexity index is 959. The molecular formula is C26H33FN2O4. The van der Waals surface area contributed by atoms with Crippen molar-refractivity contribution < 1.29 is 23.5 Å². The summed E-state index contributed by atoms with van der Waals surface area (Å²) in [4.78, 5) is 27.7. The van der Waals surface area contributed by atoms with Gasteiger partial charge in [-0.05, 0) is 49.9 Å². The van der Waals surface area contributed by atoms with Crippen LogP contribution in [-0.2, 0) is 22.6 Å². The molecule has 7 heteroatoms. The van der Waals surface area contributed by atoms with Crippen LogP contribution in [0.2, 0.25) is 0 Å². The average molecular weight is 457 g/mol. The first-order valence-corrected chi connectivity index (χ1v) is 11.5. The molecule has 33 heavy (non-hydrogen) atoms. The lowest BCUT2D eigenvalue weighted by molar-refractivity contribution is -0.140. The molecule has 1 saturated carbocycles. The van der Waals surface area contributed by atoms with Gasteiger partial charge in [-0.1, -0.05) is 37.1 Å². The Labute approximate surface area is 195 Å². The van der Waals surface area contributed by atoms with Crippen LogP contribution in [0, 0.1) is 5.82 Å². The van der Waals surface area contributed by atoms with Gasteiger partial charge in [0.2, 0.25) is 11.8 Å². The Morgan fingerprint density at radius 2 is 1.79 bits per heavy atom. The normalized spacial score (nSPS) is 14.5. The van der Waals surface area contributed by atoms with Gasteiger partial charge in [-0.25, -0.2) is 4.39 Å². The van der Waals surface area contributed by atoms with Crippen molar-refractivity contribution in [2.24, 2.45) is 0 Å². The molecule has 1 aliphatic rings. The molecule has 0 bridgehead atoms. The predicted octanol–water partition coefficient (Wildman–Crippen LogP) is 4.25. The lowest BCUT2D eigenvalue weighted by Gasteiger charge is -2.30. The molecule has 0 aromatic heterocycles. The molecule has 178 valence electrons. The zero-order chi connectivity index (χ0) is 23.8. The molecule has 0 spiro atoms. The van der Waals surface area contributed by atoms with Gasteiger partial charge in [-0.2, -0.15) is 0 Å². The van der Waals surface area contributed by atoms with Gasteiger partial charge in [-0.3, -0.25) is 9.59 Å². The molecular weight excluding hydrogens is 423 g/mol. The third-order valence-electron chi connectivity index (χ3n) is 6.24. The Balaban J connectivity index is 1.73. The number of hydrogen-bond donors (Lipinski definition) is 1. The van der Waals surface area contributed by atoms with Crippen LogP contribution in [0.25, 0.3) is 0 Å². The first-order chi connectivity index (χ1) is 15.9. The monoisotopic (exact) mass is 456 g/mol. The Morgan fingerprint density at radius 1 is 1.09 bits per heavy atom. The highest BCUT2D eigenvalue weighted by Gasteiger charge is 2.28. The number of ether oxygens (including phenoxy) is 2. The fourth-order valence-corrected chi connectivity index (χ4v) is 4.22. The third kappa shape index (κ3) is 6.46. The fraction of sp³-hybridized carbons (Fsp3) is 0.462. The van der Waals surface area contributed by atoms with Crippen molar-refractivity contribution in [3.63, 3.8) is 0 Å². The van der Waals surface area contributed by atoms with Crippen LogP contribution in [0.3, 0.4) is 0 Å². The van der Waals surface area contributed by atoms with Gasteiger partial charge < -0.3 is 19.7 Å². The summed E-state index contributed by atoms with van der Waals surface area (Å²) in [5.74, 6) is 0.416. The van der Waals surface area contributed by atoms with E-state index in [0.717, 1.165) is 31.2 Å². The minimum Gasteiger partial charge on any atom is -0.493 e. The van der Waals surface area contributed by atoms with Crippen molar-refractivity contribution in [3.8, 4) is 11.5 Å². The second-order valence-corrected chi connectivity index (χ2v) is 8.47. The molecule has 2 amide bonds. The van der Waals surface area contributed by atoms with Crippen LogP contribution in [-0.4, -0.2) is 43.0 Å². The molecule has 2 aromatic rings. The number of nitrogens with zero attached hydrogens (tertiary/aromatic N) is 1. The van der Waals surface area contributed by atoms with E-state index in [0.29, 0.717) is 23.5 Å². The molecule has 0 radical (unpaired) electrons. The molecule has 3 rings (SSSR count). The highest BCUT2D eigenvalue weighted by Crippen LogP contribution is 2.28. The Morgan fingerprint density at radius 3 is 2.45 bits per heavy atom. The van der Waals surface area contributed by atoms with Gasteiger partial charge in [0.15, 0.2) is 11.5 Å². The number of methoxy groups -OCH3 is 2. The molecule has 2 aromatic carbocycles. The summed E-state index contributed by atoms with van der Waals surface area (Å²) in [7, 11) is 3.13. The average Bonchev–Trinajstić information content (AvgIpc) is 3.34. The second-order valence-electron chi connectivity index (χ2n) is 8.47. The second kappa shape index (κ2) is 11.7. The van der Waals surface area contributed by atoms with Gasteiger partial charge in [0.25, 0.3) is 0 Å². The number of benzene rings is 2. The lowest BCUT2D eigenvalue weighted by atomic mass is 10.1. The number of rotatable bonds is 10. The molecule has 1 aliphatic carbocycles. The molecule has 6 nitrogen and oxygen atoms in total. The number of nitrogens with one attached hydrogen (secondary N) is 1. The molecule has 0 heterocycles. The van der Waals surface area contributed by atoms with E-state index in [2.05, 4.69) is 5.32 Å². The van der Waals surface area contributed by atoms with Crippen molar-refractivity contribution in [1.29, 1.82) is 0 Å². The highest BCUT2D eigenvalue weighted by atomic mass is 19.1. The van der Waals surface area contributed by atoms with Gasteiger partial charge in [0, 0.05) is 24.6 Å². The van der Waals surface area contributed by atoms with E-state index in [-0.39, 0.29) is 30.8 Å². The maximum atomic E-state index is 14.3. The maximum absolute atomic E-state index is 14.3. The van der Waals surface area contributed by atoms with Crippen LogP contribution in [0.5, 0.6) is 11.5 Å². The maximum Gasteiger partial charge on any atom is 0.242 e. The Hall–Kier alpha value is -3.09. The van der Waals surface area contributed by atoms with Crippen LogP contribution >= 0.6 is 0 Å². The molecule has 0 unspecified atom stereocenters. The first-order valence-electron chi connectivity index (χ1n) is 11.5. The highest BCUT2D eigenvalue weighted by molar-refractivity contribution is 5.87. The van der Waals surface area contributed by atoms with Gasteiger partial charge >= 0.3 is 0 Å². The van der Waals surface area contributed by atoms with Crippen molar-refractivity contribution in [3.05, 3.63) is 59.4 Å². The summed E-state index contributed by atoms with van der Waals surface area (Å²) in [6.07, 6.45) is 4.76. The third-order valence-corrected chi connectivity index (χ3v) is 6.24. The van der Waals surface area contributed by atoms with Crippen LogP contribution in [0.15, 0.2) is 42.5 Å².